The van der Waals surface area contributed by atoms with Crippen molar-refractivity contribution in [3.05, 3.63) is 46.1 Å². The topological polar surface area (TPSA) is 102 Å². The Labute approximate surface area is 178 Å². The van der Waals surface area contributed by atoms with Gasteiger partial charge in [0.05, 0.1) is 11.4 Å². The SMILES string of the molecule is Cc1nc(Nc2nncs2)cc(C2CCN(C(=O)/C=C/c3c(C)nn(C)c3C)C2)n1. The summed E-state index contributed by atoms with van der Waals surface area (Å²) in [5.74, 6) is 1.58. The van der Waals surface area contributed by atoms with Gasteiger partial charge in [0.15, 0.2) is 0 Å². The van der Waals surface area contributed by atoms with Crippen molar-refractivity contribution in [3.63, 3.8) is 0 Å². The van der Waals surface area contributed by atoms with Crippen molar-refractivity contribution in [2.45, 2.75) is 33.1 Å². The lowest BCUT2D eigenvalue weighted by atomic mass is 10.0. The minimum atomic E-state index is 0.0122. The molecule has 156 valence electrons. The molecule has 4 rings (SSSR count). The van der Waals surface area contributed by atoms with Crippen LogP contribution in [0.4, 0.5) is 10.9 Å². The van der Waals surface area contributed by atoms with Gasteiger partial charge in [-0.3, -0.25) is 9.48 Å². The maximum Gasteiger partial charge on any atom is 0.246 e. The van der Waals surface area contributed by atoms with Crippen LogP contribution in [0.3, 0.4) is 0 Å². The van der Waals surface area contributed by atoms with Crippen molar-refractivity contribution in [3.8, 4) is 0 Å². The van der Waals surface area contributed by atoms with Crippen molar-refractivity contribution in [1.82, 2.24) is 34.8 Å². The van der Waals surface area contributed by atoms with Gasteiger partial charge in [-0.05, 0) is 33.3 Å². The molecule has 4 heterocycles. The summed E-state index contributed by atoms with van der Waals surface area (Å²) >= 11 is 1.41. The summed E-state index contributed by atoms with van der Waals surface area (Å²) in [6.07, 6.45) is 4.39. The number of nitrogens with zero attached hydrogens (tertiary/aromatic N) is 7. The third-order valence-electron chi connectivity index (χ3n) is 5.33. The fourth-order valence-electron chi connectivity index (χ4n) is 3.69. The van der Waals surface area contributed by atoms with E-state index in [4.69, 9.17) is 0 Å². The van der Waals surface area contributed by atoms with Crippen LogP contribution < -0.4 is 5.32 Å². The predicted molar refractivity (Wildman–Crippen MR) is 116 cm³/mol. The van der Waals surface area contributed by atoms with Crippen LogP contribution in [0, 0.1) is 20.8 Å². The van der Waals surface area contributed by atoms with E-state index in [-0.39, 0.29) is 11.8 Å². The number of carbonyl (C=O) groups excluding carboxylic acids is 1. The number of carbonyl (C=O) groups is 1. The molecule has 0 aromatic carbocycles. The molecule has 3 aromatic rings. The van der Waals surface area contributed by atoms with Crippen LogP contribution in [0.5, 0.6) is 0 Å². The van der Waals surface area contributed by atoms with Crippen LogP contribution in [-0.2, 0) is 11.8 Å². The summed E-state index contributed by atoms with van der Waals surface area (Å²) in [5, 5.41) is 16.1. The number of hydrogen-bond acceptors (Lipinski definition) is 8. The molecule has 1 aliphatic rings. The number of nitrogens with one attached hydrogen (secondary N) is 1. The highest BCUT2D eigenvalue weighted by atomic mass is 32.1. The van der Waals surface area contributed by atoms with Crippen molar-refractivity contribution in [2.75, 3.05) is 18.4 Å². The summed E-state index contributed by atoms with van der Waals surface area (Å²) in [6.45, 7) is 7.17. The second-order valence-electron chi connectivity index (χ2n) is 7.41. The molecule has 1 unspecified atom stereocenters. The first kappa shape index (κ1) is 20.1. The molecular weight excluding hydrogens is 400 g/mol. The lowest BCUT2D eigenvalue weighted by molar-refractivity contribution is -0.124. The highest BCUT2D eigenvalue weighted by Crippen LogP contribution is 2.28. The number of anilines is 2. The van der Waals surface area contributed by atoms with Crippen LogP contribution in [0.25, 0.3) is 6.08 Å². The number of amides is 1. The number of rotatable bonds is 5. The van der Waals surface area contributed by atoms with Crippen molar-refractivity contribution in [2.24, 2.45) is 7.05 Å². The molecular formula is C20H24N8OS. The van der Waals surface area contributed by atoms with Gasteiger partial charge in [0.2, 0.25) is 11.0 Å². The maximum atomic E-state index is 12.7. The summed E-state index contributed by atoms with van der Waals surface area (Å²) in [7, 11) is 1.91. The summed E-state index contributed by atoms with van der Waals surface area (Å²) in [4.78, 5) is 23.6. The Bertz CT molecular complexity index is 1090. The molecule has 3 aromatic heterocycles. The Morgan fingerprint density at radius 3 is 2.83 bits per heavy atom. The first-order valence-electron chi connectivity index (χ1n) is 9.76. The van der Waals surface area contributed by atoms with Gasteiger partial charge < -0.3 is 10.2 Å². The third kappa shape index (κ3) is 4.23. The van der Waals surface area contributed by atoms with Crippen LogP contribution >= 0.6 is 11.3 Å². The molecule has 0 bridgehead atoms. The van der Waals surface area contributed by atoms with Crippen molar-refractivity contribution in [1.29, 1.82) is 0 Å². The van der Waals surface area contributed by atoms with E-state index in [0.29, 0.717) is 29.9 Å². The fourth-order valence-corrected chi connectivity index (χ4v) is 4.15. The zero-order valence-corrected chi connectivity index (χ0v) is 18.3. The monoisotopic (exact) mass is 424 g/mol. The zero-order valence-electron chi connectivity index (χ0n) is 17.5. The van der Waals surface area contributed by atoms with Crippen molar-refractivity contribution < 1.29 is 4.79 Å². The highest BCUT2D eigenvalue weighted by molar-refractivity contribution is 7.13. The minimum Gasteiger partial charge on any atom is -0.338 e. The Hall–Kier alpha value is -3.14. The number of aromatic nitrogens is 6. The smallest absolute Gasteiger partial charge is 0.246 e. The van der Waals surface area contributed by atoms with E-state index in [9.17, 15) is 4.79 Å². The van der Waals surface area contributed by atoms with E-state index in [1.54, 1.807) is 11.6 Å². The van der Waals surface area contributed by atoms with Crippen molar-refractivity contribution >= 4 is 34.3 Å². The summed E-state index contributed by atoms with van der Waals surface area (Å²) in [6, 6.07) is 1.94. The first-order valence-corrected chi connectivity index (χ1v) is 10.6. The Balaban J connectivity index is 1.44. The van der Waals surface area contributed by atoms with E-state index in [0.717, 1.165) is 29.1 Å². The van der Waals surface area contributed by atoms with Gasteiger partial charge in [-0.15, -0.1) is 10.2 Å². The lowest BCUT2D eigenvalue weighted by Gasteiger charge is -2.15. The molecule has 1 aliphatic heterocycles. The second kappa shape index (κ2) is 8.31. The van der Waals surface area contributed by atoms with Gasteiger partial charge in [0.1, 0.15) is 17.2 Å². The fraction of sp³-hybridized carbons (Fsp3) is 0.400. The maximum absolute atomic E-state index is 12.7. The van der Waals surface area contributed by atoms with E-state index >= 15 is 0 Å². The molecule has 1 atom stereocenters. The Morgan fingerprint density at radius 2 is 2.13 bits per heavy atom. The van der Waals surface area contributed by atoms with E-state index in [1.807, 2.05) is 49.5 Å². The van der Waals surface area contributed by atoms with Crippen LogP contribution in [-0.4, -0.2) is 53.8 Å². The third-order valence-corrected chi connectivity index (χ3v) is 5.94. The van der Waals surface area contributed by atoms with Gasteiger partial charge in [-0.25, -0.2) is 9.97 Å². The van der Waals surface area contributed by atoms with E-state index < -0.39 is 0 Å². The van der Waals surface area contributed by atoms with Gasteiger partial charge in [0, 0.05) is 49.5 Å². The van der Waals surface area contributed by atoms with Crippen LogP contribution in [0.2, 0.25) is 0 Å². The summed E-state index contributed by atoms with van der Waals surface area (Å²) in [5.41, 5.74) is 5.57. The van der Waals surface area contributed by atoms with Crippen LogP contribution in [0.15, 0.2) is 17.7 Å². The Morgan fingerprint density at radius 1 is 1.30 bits per heavy atom. The molecule has 0 aliphatic carbocycles. The number of likely N-dealkylation sites (tertiary alicyclic amines) is 1. The summed E-state index contributed by atoms with van der Waals surface area (Å²) < 4.78 is 1.83. The predicted octanol–water partition coefficient (Wildman–Crippen LogP) is 2.76. The normalized spacial score (nSPS) is 16.5. The molecule has 0 spiro atoms. The van der Waals surface area contributed by atoms with Crippen LogP contribution in [0.1, 0.15) is 40.8 Å². The van der Waals surface area contributed by atoms with Gasteiger partial charge >= 0.3 is 0 Å². The molecule has 0 radical (unpaired) electrons. The average molecular weight is 425 g/mol. The molecule has 30 heavy (non-hydrogen) atoms. The average Bonchev–Trinajstić information content (AvgIpc) is 3.43. The Kier molecular flexibility index (Phi) is 5.58. The lowest BCUT2D eigenvalue weighted by Crippen LogP contribution is -2.26. The van der Waals surface area contributed by atoms with Gasteiger partial charge in [0.25, 0.3) is 0 Å². The molecule has 10 heteroatoms. The largest absolute Gasteiger partial charge is 0.338 e. The van der Waals surface area contributed by atoms with Gasteiger partial charge in [-0.2, -0.15) is 5.10 Å². The molecule has 1 fully saturated rings. The standard InChI is InChI=1S/C20H24N8OS/c1-12-16(13(2)27(4)26-12)5-6-19(29)28-8-7-15(10-28)17-9-18(23-14(3)22-17)24-20-25-21-11-30-20/h5-6,9,11,15H,7-8,10H2,1-4H3,(H,22,23,24,25)/b6-5+. The molecule has 1 N–H and O–H groups in total. The van der Waals surface area contributed by atoms with E-state index in [1.165, 1.54) is 11.3 Å². The highest BCUT2D eigenvalue weighted by Gasteiger charge is 2.28. The molecule has 1 saturated heterocycles. The second-order valence-corrected chi connectivity index (χ2v) is 8.24. The molecule has 1 amide bonds. The van der Waals surface area contributed by atoms with Gasteiger partial charge in [-0.1, -0.05) is 11.3 Å². The van der Waals surface area contributed by atoms with E-state index in [2.05, 4.69) is 30.6 Å². The quantitative estimate of drug-likeness (QED) is 0.628. The zero-order chi connectivity index (χ0) is 21.3. The number of hydrogen-bond donors (Lipinski definition) is 1. The first-order chi connectivity index (χ1) is 14.4. The molecule has 9 nitrogen and oxygen atoms in total. The number of aryl methyl sites for hydroxylation is 3. The molecule has 0 saturated carbocycles. The minimum absolute atomic E-state index is 0.0122.